The fraction of sp³-hybridized carbons (Fsp3) is 0.714. The molecule has 0 radical (unpaired) electrons. The van der Waals surface area contributed by atoms with Crippen molar-refractivity contribution >= 4 is 11.9 Å². The zero-order chi connectivity index (χ0) is 10.6. The molecule has 1 saturated heterocycles. The highest BCUT2D eigenvalue weighted by molar-refractivity contribution is 5.83. The smallest absolute Gasteiger partial charge is 0.327 e. The van der Waals surface area contributed by atoms with Crippen molar-refractivity contribution in [3.8, 4) is 0 Å². The van der Waals surface area contributed by atoms with Crippen LogP contribution in [0.5, 0.6) is 0 Å². The van der Waals surface area contributed by atoms with Gasteiger partial charge in [0.05, 0.1) is 6.04 Å². The van der Waals surface area contributed by atoms with Crippen LogP contribution in [-0.4, -0.2) is 48.8 Å². The number of piperazine rings is 1. The Kier molecular flexibility index (Phi) is 3.66. The number of aliphatic carboxylic acids is 1. The van der Waals surface area contributed by atoms with E-state index >= 15 is 0 Å². The summed E-state index contributed by atoms with van der Waals surface area (Å²) in [5.41, 5.74) is 5.10. The number of hydrogen-bond acceptors (Lipinski definition) is 4. The van der Waals surface area contributed by atoms with Crippen LogP contribution in [0, 0.1) is 5.41 Å². The number of carboxylic acids is 1. The largest absolute Gasteiger partial charge is 0.480 e. The first kappa shape index (κ1) is 10.7. The van der Waals surface area contributed by atoms with Crippen molar-refractivity contribution in [3.05, 3.63) is 0 Å². The molecule has 7 nitrogen and oxygen atoms in total. The molecule has 14 heavy (non-hydrogen) atoms. The van der Waals surface area contributed by atoms with E-state index in [2.05, 4.69) is 16.0 Å². The Labute approximate surface area is 81.6 Å². The molecule has 0 bridgehead atoms. The van der Waals surface area contributed by atoms with Gasteiger partial charge in [-0.05, 0) is 0 Å². The number of guanidine groups is 1. The van der Waals surface area contributed by atoms with Crippen LogP contribution in [0.25, 0.3) is 0 Å². The molecule has 0 aliphatic carbocycles. The van der Waals surface area contributed by atoms with Gasteiger partial charge in [-0.1, -0.05) is 0 Å². The van der Waals surface area contributed by atoms with E-state index in [4.69, 9.17) is 16.2 Å². The van der Waals surface area contributed by atoms with Gasteiger partial charge < -0.3 is 26.8 Å². The minimum absolute atomic E-state index is 0.245. The first-order chi connectivity index (χ1) is 6.61. The Balaban J connectivity index is 2.56. The maximum absolute atomic E-state index is 10.9. The van der Waals surface area contributed by atoms with Crippen molar-refractivity contribution in [1.82, 2.24) is 16.0 Å². The molecule has 0 spiro atoms. The van der Waals surface area contributed by atoms with Gasteiger partial charge in [-0.15, -0.1) is 0 Å². The minimum Gasteiger partial charge on any atom is -0.480 e. The van der Waals surface area contributed by atoms with E-state index in [0.29, 0.717) is 13.1 Å². The van der Waals surface area contributed by atoms with Gasteiger partial charge in [-0.2, -0.15) is 0 Å². The lowest BCUT2D eigenvalue weighted by Gasteiger charge is -2.29. The highest BCUT2D eigenvalue weighted by atomic mass is 16.4. The first-order valence-corrected chi connectivity index (χ1v) is 4.38. The van der Waals surface area contributed by atoms with Crippen LogP contribution in [0.4, 0.5) is 0 Å². The molecule has 0 amide bonds. The molecule has 7 N–H and O–H groups in total. The average molecular weight is 201 g/mol. The van der Waals surface area contributed by atoms with E-state index in [-0.39, 0.29) is 12.0 Å². The molecule has 1 fully saturated rings. The van der Waals surface area contributed by atoms with Gasteiger partial charge >= 0.3 is 5.97 Å². The van der Waals surface area contributed by atoms with Crippen LogP contribution in [-0.2, 0) is 4.79 Å². The third-order valence-electron chi connectivity index (χ3n) is 2.05. The predicted molar refractivity (Wildman–Crippen MR) is 51.1 cm³/mol. The third kappa shape index (κ3) is 2.86. The highest BCUT2D eigenvalue weighted by Gasteiger charge is 2.29. The normalized spacial score (nSPS) is 23.9. The van der Waals surface area contributed by atoms with Crippen LogP contribution in [0.1, 0.15) is 0 Å². The zero-order valence-electron chi connectivity index (χ0n) is 7.71. The minimum atomic E-state index is -1.01. The van der Waals surface area contributed by atoms with E-state index in [1.54, 1.807) is 0 Å². The maximum atomic E-state index is 10.9. The van der Waals surface area contributed by atoms with Gasteiger partial charge in [0, 0.05) is 19.6 Å². The van der Waals surface area contributed by atoms with Crippen molar-refractivity contribution in [1.29, 1.82) is 5.41 Å². The van der Waals surface area contributed by atoms with Crippen LogP contribution in [0.2, 0.25) is 0 Å². The molecule has 1 aliphatic heterocycles. The number of rotatable bonds is 3. The number of carboxylic acid groups (broad SMARTS) is 1. The summed E-state index contributed by atoms with van der Waals surface area (Å²) >= 11 is 0. The number of nitrogens with one attached hydrogen (secondary N) is 4. The maximum Gasteiger partial charge on any atom is 0.327 e. The standard InChI is InChI=1S/C7H15N5O2/c8-7(9)12-5(6(13)14)4-3-10-1-2-11-4/h4-5,10-11H,1-3H2,(H,13,14)(H4,8,9,12). The molecule has 7 heteroatoms. The molecule has 2 atom stereocenters. The summed E-state index contributed by atoms with van der Waals surface area (Å²) in [6.07, 6.45) is 0. The lowest BCUT2D eigenvalue weighted by atomic mass is 10.1. The Morgan fingerprint density at radius 3 is 2.79 bits per heavy atom. The molecule has 0 aromatic heterocycles. The zero-order valence-corrected chi connectivity index (χ0v) is 7.71. The Bertz CT molecular complexity index is 226. The summed E-state index contributed by atoms with van der Waals surface area (Å²) in [6.45, 7) is 2.09. The predicted octanol–water partition coefficient (Wildman–Crippen LogP) is -2.52. The van der Waals surface area contributed by atoms with Gasteiger partial charge in [0.2, 0.25) is 0 Å². The summed E-state index contributed by atoms with van der Waals surface area (Å²) in [6, 6.07) is -1.11. The molecule has 2 unspecified atom stereocenters. The van der Waals surface area contributed by atoms with Crippen molar-refractivity contribution in [2.45, 2.75) is 12.1 Å². The molecule has 1 heterocycles. The molecule has 1 aliphatic rings. The van der Waals surface area contributed by atoms with Crippen LogP contribution >= 0.6 is 0 Å². The van der Waals surface area contributed by atoms with Crippen LogP contribution < -0.4 is 21.7 Å². The summed E-state index contributed by atoms with van der Waals surface area (Å²) in [5, 5.41) is 24.4. The van der Waals surface area contributed by atoms with Gasteiger partial charge in [0.15, 0.2) is 5.96 Å². The molecule has 1 rings (SSSR count). The van der Waals surface area contributed by atoms with Gasteiger partial charge in [-0.3, -0.25) is 5.41 Å². The quantitative estimate of drug-likeness (QED) is 0.221. The summed E-state index contributed by atoms with van der Waals surface area (Å²) in [5.74, 6) is -1.34. The summed E-state index contributed by atoms with van der Waals surface area (Å²) < 4.78 is 0. The molecular weight excluding hydrogens is 186 g/mol. The Hall–Kier alpha value is -1.34. The van der Waals surface area contributed by atoms with E-state index in [1.165, 1.54) is 0 Å². The van der Waals surface area contributed by atoms with E-state index in [9.17, 15) is 4.79 Å². The van der Waals surface area contributed by atoms with Crippen molar-refractivity contribution in [2.75, 3.05) is 19.6 Å². The molecule has 80 valence electrons. The monoisotopic (exact) mass is 201 g/mol. The third-order valence-corrected chi connectivity index (χ3v) is 2.05. The van der Waals surface area contributed by atoms with E-state index < -0.39 is 12.0 Å². The topological polar surface area (TPSA) is 123 Å². The fourth-order valence-corrected chi connectivity index (χ4v) is 1.41. The van der Waals surface area contributed by atoms with Gasteiger partial charge in [-0.25, -0.2) is 4.79 Å². The number of hydrogen-bond donors (Lipinski definition) is 6. The Morgan fingerprint density at radius 2 is 2.36 bits per heavy atom. The van der Waals surface area contributed by atoms with Crippen LogP contribution in [0.15, 0.2) is 0 Å². The van der Waals surface area contributed by atoms with Crippen molar-refractivity contribution in [2.24, 2.45) is 5.73 Å². The molecule has 0 aromatic carbocycles. The first-order valence-electron chi connectivity index (χ1n) is 4.38. The SMILES string of the molecule is N=C(N)NC(C(=O)O)C1CNCCN1. The van der Waals surface area contributed by atoms with Gasteiger partial charge in [0.25, 0.3) is 0 Å². The average Bonchev–Trinajstić information content (AvgIpc) is 2.15. The second-order valence-corrected chi connectivity index (χ2v) is 3.14. The summed E-state index contributed by atoms with van der Waals surface area (Å²) in [7, 11) is 0. The molecular formula is C7H15N5O2. The molecule has 0 aromatic rings. The number of carbonyl (C=O) groups is 1. The van der Waals surface area contributed by atoms with E-state index in [1.807, 2.05) is 0 Å². The highest BCUT2D eigenvalue weighted by Crippen LogP contribution is 1.96. The van der Waals surface area contributed by atoms with Gasteiger partial charge in [0.1, 0.15) is 6.04 Å². The summed E-state index contributed by atoms with van der Waals surface area (Å²) in [4.78, 5) is 10.9. The van der Waals surface area contributed by atoms with Crippen LogP contribution in [0.3, 0.4) is 0 Å². The second-order valence-electron chi connectivity index (χ2n) is 3.14. The number of nitrogens with two attached hydrogens (primary N) is 1. The second kappa shape index (κ2) is 4.77. The van der Waals surface area contributed by atoms with Crippen molar-refractivity contribution in [3.63, 3.8) is 0 Å². The molecule has 0 saturated carbocycles. The fourth-order valence-electron chi connectivity index (χ4n) is 1.41. The Morgan fingerprint density at radius 1 is 1.64 bits per heavy atom. The van der Waals surface area contributed by atoms with E-state index in [0.717, 1.165) is 6.54 Å². The lowest BCUT2D eigenvalue weighted by Crippen LogP contribution is -2.62. The lowest BCUT2D eigenvalue weighted by molar-refractivity contribution is -0.139. The van der Waals surface area contributed by atoms with Crippen molar-refractivity contribution < 1.29 is 9.90 Å².